The van der Waals surface area contributed by atoms with E-state index in [0.29, 0.717) is 18.8 Å². The van der Waals surface area contributed by atoms with E-state index >= 15 is 0 Å². The molecule has 2 amide bonds. The lowest BCUT2D eigenvalue weighted by atomic mass is 10.00. The first-order chi connectivity index (χ1) is 16.5. The molecule has 3 aliphatic rings. The quantitative estimate of drug-likeness (QED) is 0.578. The summed E-state index contributed by atoms with van der Waals surface area (Å²) in [6, 6.07) is 8.51. The molecule has 0 spiro atoms. The summed E-state index contributed by atoms with van der Waals surface area (Å²) in [5.41, 5.74) is 3.06. The van der Waals surface area contributed by atoms with Gasteiger partial charge in [-0.1, -0.05) is 37.1 Å². The number of imidazole rings is 1. The zero-order valence-corrected chi connectivity index (χ0v) is 19.7. The van der Waals surface area contributed by atoms with Crippen molar-refractivity contribution in [3.05, 3.63) is 53.1 Å². The molecule has 1 fully saturated rings. The number of nitrogens with zero attached hydrogens (tertiary/aromatic N) is 3. The maximum absolute atomic E-state index is 12.7. The molecule has 3 N–H and O–H groups in total. The Bertz CT molecular complexity index is 1030. The van der Waals surface area contributed by atoms with E-state index in [-0.39, 0.29) is 30.3 Å². The molecule has 8 heteroatoms. The molecule has 34 heavy (non-hydrogen) atoms. The number of carbonyl (C=O) groups excluding carboxylic acids is 2. The highest BCUT2D eigenvalue weighted by atomic mass is 16.3. The number of aromatic nitrogens is 2. The minimum atomic E-state index is -0.637. The van der Waals surface area contributed by atoms with Crippen molar-refractivity contribution in [1.29, 1.82) is 0 Å². The lowest BCUT2D eigenvalue weighted by Gasteiger charge is -2.30. The summed E-state index contributed by atoms with van der Waals surface area (Å²) < 4.78 is 1.99. The van der Waals surface area contributed by atoms with Gasteiger partial charge in [0.1, 0.15) is 11.5 Å². The fourth-order valence-electron chi connectivity index (χ4n) is 5.55. The number of benzene rings is 1. The van der Waals surface area contributed by atoms with Gasteiger partial charge in [0.15, 0.2) is 0 Å². The average molecular weight is 466 g/mol. The topological polar surface area (TPSA) is 99.5 Å². The second-order valence-electron chi connectivity index (χ2n) is 10.0. The molecule has 1 aromatic carbocycles. The van der Waals surface area contributed by atoms with Crippen molar-refractivity contribution < 1.29 is 14.7 Å². The zero-order chi connectivity index (χ0) is 23.5. The number of carbonyl (C=O) groups is 2. The van der Waals surface area contributed by atoms with E-state index in [9.17, 15) is 14.7 Å². The highest BCUT2D eigenvalue weighted by Crippen LogP contribution is 2.25. The molecule has 0 saturated heterocycles. The smallest absolute Gasteiger partial charge is 0.271 e. The van der Waals surface area contributed by atoms with Gasteiger partial charge in [-0.3, -0.25) is 14.5 Å². The molecule has 2 aliphatic heterocycles. The number of aryl methyl sites for hydroxylation is 1. The average Bonchev–Trinajstić information content (AvgIpc) is 3.52. The van der Waals surface area contributed by atoms with E-state index in [1.807, 2.05) is 4.57 Å². The Labute approximate surface area is 200 Å². The Morgan fingerprint density at radius 3 is 2.74 bits per heavy atom. The number of amides is 2. The number of β-amino-alcohol motifs (C(OH)–C–C–N with tert-alkyl or cyclic N) is 1. The maximum Gasteiger partial charge on any atom is 0.271 e. The Morgan fingerprint density at radius 2 is 1.91 bits per heavy atom. The third kappa shape index (κ3) is 5.33. The molecule has 182 valence electrons. The molecule has 2 aromatic rings. The van der Waals surface area contributed by atoms with Gasteiger partial charge in [0.05, 0.1) is 6.10 Å². The summed E-state index contributed by atoms with van der Waals surface area (Å²) in [6.07, 6.45) is 7.98. The van der Waals surface area contributed by atoms with Gasteiger partial charge in [0, 0.05) is 57.3 Å². The van der Waals surface area contributed by atoms with Crippen molar-refractivity contribution in [2.24, 2.45) is 5.92 Å². The number of aliphatic hydroxyl groups excluding tert-OH is 1. The number of hydrogen-bond acceptors (Lipinski definition) is 5. The second-order valence-corrected chi connectivity index (χ2v) is 10.0. The van der Waals surface area contributed by atoms with Crippen LogP contribution < -0.4 is 10.6 Å². The van der Waals surface area contributed by atoms with Crippen LogP contribution in [0, 0.1) is 5.92 Å². The standard InChI is InChI=1S/C26H35N5O3/c32-22(16-30-12-11-18-5-1-4-8-20(18)14-30)13-27-26(34)23-17-31-15-21(9-10-24(31)29-23)28-25(33)19-6-2-3-7-19/h1,4-5,8,17,19,21-22,32H,2-3,6-7,9-16H2,(H,27,34)(H,28,33)/t21?,22-/m0/s1. The predicted molar refractivity (Wildman–Crippen MR) is 128 cm³/mol. The molecule has 5 rings (SSSR count). The molecular formula is C26H35N5O3. The number of aliphatic hydroxyl groups is 1. The van der Waals surface area contributed by atoms with Crippen molar-refractivity contribution in [3.63, 3.8) is 0 Å². The molecule has 1 saturated carbocycles. The van der Waals surface area contributed by atoms with Gasteiger partial charge in [0.2, 0.25) is 5.91 Å². The fraction of sp³-hybridized carbons (Fsp3) is 0.577. The summed E-state index contributed by atoms with van der Waals surface area (Å²) in [5.74, 6) is 0.951. The predicted octanol–water partition coefficient (Wildman–Crippen LogP) is 1.65. The summed E-state index contributed by atoms with van der Waals surface area (Å²) in [7, 11) is 0. The van der Waals surface area contributed by atoms with E-state index < -0.39 is 6.10 Å². The van der Waals surface area contributed by atoms with Gasteiger partial charge in [-0.15, -0.1) is 0 Å². The maximum atomic E-state index is 12.7. The molecular weight excluding hydrogens is 430 g/mol. The molecule has 3 heterocycles. The van der Waals surface area contributed by atoms with Crippen LogP contribution >= 0.6 is 0 Å². The molecule has 2 atom stereocenters. The summed E-state index contributed by atoms with van der Waals surface area (Å²) in [5, 5.41) is 16.5. The SMILES string of the molecule is O=C(NC[C@H](O)CN1CCc2ccccc2C1)c1cn2c(n1)CCC(NC(=O)C1CCCC1)C2. The lowest BCUT2D eigenvalue weighted by molar-refractivity contribution is -0.125. The molecule has 1 aliphatic carbocycles. The number of hydrogen-bond donors (Lipinski definition) is 3. The van der Waals surface area contributed by atoms with Gasteiger partial charge < -0.3 is 20.3 Å². The lowest BCUT2D eigenvalue weighted by Crippen LogP contribution is -2.43. The monoisotopic (exact) mass is 465 g/mol. The molecule has 1 aromatic heterocycles. The van der Waals surface area contributed by atoms with Gasteiger partial charge >= 0.3 is 0 Å². The first-order valence-corrected chi connectivity index (χ1v) is 12.7. The van der Waals surface area contributed by atoms with E-state index in [4.69, 9.17) is 0 Å². The van der Waals surface area contributed by atoms with Crippen LogP contribution in [0.5, 0.6) is 0 Å². The number of fused-ring (bicyclic) bond motifs is 2. The largest absolute Gasteiger partial charge is 0.390 e. The van der Waals surface area contributed by atoms with Crippen LogP contribution in [0.25, 0.3) is 0 Å². The van der Waals surface area contributed by atoms with Crippen LogP contribution in [0.1, 0.15) is 59.5 Å². The van der Waals surface area contributed by atoms with Crippen LogP contribution in [0.4, 0.5) is 0 Å². The van der Waals surface area contributed by atoms with E-state index in [1.165, 1.54) is 11.1 Å². The van der Waals surface area contributed by atoms with Crippen molar-refractivity contribution in [3.8, 4) is 0 Å². The third-order valence-corrected chi connectivity index (χ3v) is 7.47. The van der Waals surface area contributed by atoms with Crippen molar-refractivity contribution in [2.45, 2.75) is 70.2 Å². The minimum absolute atomic E-state index is 0.0854. The van der Waals surface area contributed by atoms with Gasteiger partial charge in [-0.05, 0) is 36.8 Å². The third-order valence-electron chi connectivity index (χ3n) is 7.47. The van der Waals surface area contributed by atoms with Gasteiger partial charge in [-0.2, -0.15) is 0 Å². The molecule has 8 nitrogen and oxygen atoms in total. The van der Waals surface area contributed by atoms with E-state index in [1.54, 1.807) is 6.20 Å². The van der Waals surface area contributed by atoms with Crippen molar-refractivity contribution >= 4 is 11.8 Å². The highest BCUT2D eigenvalue weighted by Gasteiger charge is 2.28. The van der Waals surface area contributed by atoms with Crippen LogP contribution in [0.15, 0.2) is 30.5 Å². The zero-order valence-electron chi connectivity index (χ0n) is 19.7. The molecule has 0 radical (unpaired) electrons. The van der Waals surface area contributed by atoms with E-state index in [0.717, 1.165) is 63.9 Å². The number of nitrogens with one attached hydrogen (secondary N) is 2. The summed E-state index contributed by atoms with van der Waals surface area (Å²) in [4.78, 5) is 31.9. The second kappa shape index (κ2) is 10.3. The minimum Gasteiger partial charge on any atom is -0.390 e. The Kier molecular flexibility index (Phi) is 6.97. The summed E-state index contributed by atoms with van der Waals surface area (Å²) >= 11 is 0. The Balaban J connectivity index is 1.09. The first kappa shape index (κ1) is 23.1. The first-order valence-electron chi connectivity index (χ1n) is 12.7. The molecule has 1 unspecified atom stereocenters. The number of rotatable bonds is 7. The van der Waals surface area contributed by atoms with Crippen molar-refractivity contribution in [2.75, 3.05) is 19.6 Å². The molecule has 0 bridgehead atoms. The normalized spacial score (nSPS) is 21.5. The van der Waals surface area contributed by atoms with Crippen LogP contribution in [0.2, 0.25) is 0 Å². The van der Waals surface area contributed by atoms with Gasteiger partial charge in [-0.25, -0.2) is 4.98 Å². The van der Waals surface area contributed by atoms with Crippen LogP contribution in [-0.4, -0.2) is 63.2 Å². The Hall–Kier alpha value is -2.71. The van der Waals surface area contributed by atoms with Crippen LogP contribution in [-0.2, 0) is 30.7 Å². The highest BCUT2D eigenvalue weighted by molar-refractivity contribution is 5.92. The Morgan fingerprint density at radius 1 is 1.12 bits per heavy atom. The van der Waals surface area contributed by atoms with Gasteiger partial charge in [0.25, 0.3) is 5.91 Å². The van der Waals surface area contributed by atoms with Crippen LogP contribution in [0.3, 0.4) is 0 Å². The van der Waals surface area contributed by atoms with E-state index in [2.05, 4.69) is 44.8 Å². The van der Waals surface area contributed by atoms with Crippen molar-refractivity contribution in [1.82, 2.24) is 25.1 Å². The summed E-state index contributed by atoms with van der Waals surface area (Å²) in [6.45, 7) is 3.10. The fourth-order valence-corrected chi connectivity index (χ4v) is 5.55.